The molecule has 1 amide bonds. The van der Waals surface area contributed by atoms with E-state index in [4.69, 9.17) is 25.9 Å². The number of amides is 1. The number of halogens is 1. The Hall–Kier alpha value is -2.84. The van der Waals surface area contributed by atoms with Crippen LogP contribution in [0.4, 0.5) is 4.79 Å². The van der Waals surface area contributed by atoms with Crippen molar-refractivity contribution in [2.75, 3.05) is 0 Å². The second-order valence-corrected chi connectivity index (χ2v) is 9.48. The summed E-state index contributed by atoms with van der Waals surface area (Å²) in [6.45, 7) is 10.4. The van der Waals surface area contributed by atoms with E-state index in [2.05, 4.69) is 15.4 Å². The van der Waals surface area contributed by atoms with Crippen molar-refractivity contribution >= 4 is 45.3 Å². The lowest BCUT2D eigenvalue weighted by atomic mass is 10.1. The van der Waals surface area contributed by atoms with Gasteiger partial charge in [0.2, 0.25) is 0 Å². The van der Waals surface area contributed by atoms with Crippen LogP contribution in [0.15, 0.2) is 24.4 Å². The Morgan fingerprint density at radius 2 is 1.74 bits per heavy atom. The van der Waals surface area contributed by atoms with Crippen molar-refractivity contribution in [3.05, 3.63) is 40.8 Å². The van der Waals surface area contributed by atoms with E-state index in [1.807, 2.05) is 6.07 Å². The lowest BCUT2D eigenvalue weighted by molar-refractivity contribution is -0.0149. The Morgan fingerprint density at radius 3 is 2.39 bits per heavy atom. The van der Waals surface area contributed by atoms with Gasteiger partial charge in [-0.3, -0.25) is 4.84 Å². The molecule has 0 aliphatic rings. The number of aromatic nitrogens is 2. The maximum Gasteiger partial charge on any atom is 0.431 e. The van der Waals surface area contributed by atoms with Gasteiger partial charge in [-0.25, -0.2) is 14.6 Å². The Labute approximate surface area is 185 Å². The fourth-order valence-electron chi connectivity index (χ4n) is 3.01. The van der Waals surface area contributed by atoms with Gasteiger partial charge in [0, 0.05) is 22.4 Å². The maximum absolute atomic E-state index is 13.0. The lowest BCUT2D eigenvalue weighted by Gasteiger charge is -2.20. The molecular formula is C22H26ClN3O5. The van der Waals surface area contributed by atoms with E-state index in [9.17, 15) is 9.59 Å². The van der Waals surface area contributed by atoms with Crippen molar-refractivity contribution < 1.29 is 23.9 Å². The zero-order valence-electron chi connectivity index (χ0n) is 18.4. The van der Waals surface area contributed by atoms with Gasteiger partial charge in [0.05, 0.1) is 16.8 Å². The summed E-state index contributed by atoms with van der Waals surface area (Å²) in [5.41, 5.74) is 2.05. The SMILES string of the molecule is CC(C)(C)OC(=O)NOCc1nc2c(ccc3c[nH]c(Cl)cc32)c1C(=O)OC(C)(C)C. The molecule has 3 aromatic rings. The molecule has 166 valence electrons. The molecule has 1 aromatic carbocycles. The highest BCUT2D eigenvalue weighted by Crippen LogP contribution is 2.32. The molecule has 0 atom stereocenters. The molecule has 0 saturated carbocycles. The topological polar surface area (TPSA) is 103 Å². The van der Waals surface area contributed by atoms with Gasteiger partial charge >= 0.3 is 12.1 Å². The largest absolute Gasteiger partial charge is 0.456 e. The minimum Gasteiger partial charge on any atom is -0.456 e. The summed E-state index contributed by atoms with van der Waals surface area (Å²) < 4.78 is 10.7. The van der Waals surface area contributed by atoms with Crippen molar-refractivity contribution in [2.45, 2.75) is 59.4 Å². The van der Waals surface area contributed by atoms with Crippen molar-refractivity contribution in [1.82, 2.24) is 15.4 Å². The number of carbonyl (C=O) groups is 2. The van der Waals surface area contributed by atoms with Crippen LogP contribution in [0.3, 0.4) is 0 Å². The van der Waals surface area contributed by atoms with Gasteiger partial charge < -0.3 is 14.5 Å². The number of aromatic amines is 1. The quantitative estimate of drug-likeness (QED) is 0.320. The molecular weight excluding hydrogens is 422 g/mol. The number of H-pyrrole nitrogens is 1. The zero-order valence-corrected chi connectivity index (χ0v) is 19.1. The summed E-state index contributed by atoms with van der Waals surface area (Å²) in [6.07, 6.45) is 1.02. The molecule has 2 N–H and O–H groups in total. The number of rotatable bonds is 4. The highest BCUT2D eigenvalue weighted by molar-refractivity contribution is 6.30. The minimum atomic E-state index is -0.741. The first-order chi connectivity index (χ1) is 14.3. The molecule has 0 radical (unpaired) electrons. The van der Waals surface area contributed by atoms with E-state index in [0.717, 1.165) is 10.8 Å². The standard InChI is InChI=1S/C22H26ClN3O5/c1-21(2,3)30-19(27)17-13-8-7-12-10-24-16(23)9-14(12)18(13)25-15(17)11-29-26-20(28)31-22(4,5)6/h7-10,24H,11H2,1-6H3,(H,26,28). The van der Waals surface area contributed by atoms with Crippen molar-refractivity contribution in [1.29, 1.82) is 0 Å². The molecule has 0 aliphatic carbocycles. The van der Waals surface area contributed by atoms with Crippen LogP contribution in [-0.2, 0) is 20.9 Å². The smallest absolute Gasteiger partial charge is 0.431 e. The van der Waals surface area contributed by atoms with E-state index >= 15 is 0 Å². The Morgan fingerprint density at radius 1 is 1.06 bits per heavy atom. The van der Waals surface area contributed by atoms with Crippen LogP contribution < -0.4 is 5.48 Å². The van der Waals surface area contributed by atoms with Crippen LogP contribution in [0.1, 0.15) is 57.6 Å². The molecule has 2 aromatic heterocycles. The monoisotopic (exact) mass is 447 g/mol. The average Bonchev–Trinajstić information content (AvgIpc) is 2.97. The van der Waals surface area contributed by atoms with Gasteiger partial charge in [0.1, 0.15) is 23.0 Å². The molecule has 2 heterocycles. The van der Waals surface area contributed by atoms with Crippen LogP contribution in [0.25, 0.3) is 21.7 Å². The third-order valence-electron chi connectivity index (χ3n) is 4.06. The van der Waals surface area contributed by atoms with Crippen LogP contribution in [-0.4, -0.2) is 33.2 Å². The molecule has 0 unspecified atom stereocenters. The van der Waals surface area contributed by atoms with Gasteiger partial charge in [-0.15, -0.1) is 0 Å². The number of nitrogens with zero attached hydrogens (tertiary/aromatic N) is 1. The van der Waals surface area contributed by atoms with E-state index in [1.54, 1.807) is 59.9 Å². The molecule has 0 bridgehead atoms. The van der Waals surface area contributed by atoms with E-state index in [0.29, 0.717) is 21.7 Å². The average molecular weight is 448 g/mol. The predicted molar refractivity (Wildman–Crippen MR) is 118 cm³/mol. The summed E-state index contributed by atoms with van der Waals surface area (Å²) in [5, 5.41) is 2.70. The highest BCUT2D eigenvalue weighted by Gasteiger charge is 2.26. The first-order valence-electron chi connectivity index (χ1n) is 9.77. The fourth-order valence-corrected chi connectivity index (χ4v) is 3.17. The summed E-state index contributed by atoms with van der Waals surface area (Å²) >= 11 is 6.13. The number of nitrogens with one attached hydrogen (secondary N) is 2. The second-order valence-electron chi connectivity index (χ2n) is 9.07. The summed E-state index contributed by atoms with van der Waals surface area (Å²) in [6, 6.07) is 5.41. The Bertz CT molecular complexity index is 1140. The number of carbonyl (C=O) groups excluding carboxylic acids is 2. The number of benzene rings is 1. The van der Waals surface area contributed by atoms with E-state index in [-0.39, 0.29) is 12.2 Å². The number of pyridine rings is 1. The Kier molecular flexibility index (Phi) is 6.16. The van der Waals surface area contributed by atoms with E-state index < -0.39 is 23.3 Å². The van der Waals surface area contributed by atoms with E-state index in [1.165, 1.54) is 0 Å². The lowest BCUT2D eigenvalue weighted by Crippen LogP contribution is -2.32. The molecule has 0 fully saturated rings. The van der Waals surface area contributed by atoms with Crippen molar-refractivity contribution in [3.8, 4) is 0 Å². The number of hydrogen-bond acceptors (Lipinski definition) is 6. The highest BCUT2D eigenvalue weighted by atomic mass is 35.5. The third-order valence-corrected chi connectivity index (χ3v) is 4.28. The fraction of sp³-hybridized carbons (Fsp3) is 0.409. The normalized spacial score (nSPS) is 12.2. The number of fused-ring (bicyclic) bond motifs is 3. The van der Waals surface area contributed by atoms with Gasteiger partial charge in [0.15, 0.2) is 0 Å². The van der Waals surface area contributed by atoms with Crippen molar-refractivity contribution in [3.63, 3.8) is 0 Å². The molecule has 9 heteroatoms. The maximum atomic E-state index is 13.0. The van der Waals surface area contributed by atoms with Gasteiger partial charge in [-0.05, 0) is 47.6 Å². The zero-order chi connectivity index (χ0) is 23.0. The molecule has 0 aliphatic heterocycles. The van der Waals surface area contributed by atoms with Crippen LogP contribution >= 0.6 is 11.6 Å². The summed E-state index contributed by atoms with van der Waals surface area (Å²) in [5.74, 6) is -0.529. The molecule has 0 saturated heterocycles. The minimum absolute atomic E-state index is 0.156. The van der Waals surface area contributed by atoms with Crippen LogP contribution in [0.5, 0.6) is 0 Å². The first-order valence-corrected chi connectivity index (χ1v) is 10.2. The van der Waals surface area contributed by atoms with Crippen LogP contribution in [0.2, 0.25) is 5.15 Å². The molecule has 3 rings (SSSR count). The number of esters is 1. The second kappa shape index (κ2) is 8.36. The van der Waals surface area contributed by atoms with Gasteiger partial charge in [-0.1, -0.05) is 23.7 Å². The molecule has 31 heavy (non-hydrogen) atoms. The van der Waals surface area contributed by atoms with Gasteiger partial charge in [0.25, 0.3) is 0 Å². The molecule has 0 spiro atoms. The van der Waals surface area contributed by atoms with Crippen molar-refractivity contribution in [2.24, 2.45) is 0 Å². The number of hydroxylamine groups is 1. The third kappa shape index (κ3) is 5.65. The number of ether oxygens (including phenoxy) is 2. The van der Waals surface area contributed by atoms with Gasteiger partial charge in [-0.2, -0.15) is 5.48 Å². The predicted octanol–water partition coefficient (Wildman–Crippen LogP) is 5.28. The Balaban J connectivity index is 1.99. The number of hydrogen-bond donors (Lipinski definition) is 2. The first kappa shape index (κ1) is 22.8. The summed E-state index contributed by atoms with van der Waals surface area (Å²) in [7, 11) is 0. The summed E-state index contributed by atoms with van der Waals surface area (Å²) in [4.78, 5) is 37.7. The van der Waals surface area contributed by atoms with Crippen LogP contribution in [0, 0.1) is 0 Å². The molecule has 8 nitrogen and oxygen atoms in total.